The molecule has 0 heterocycles. The summed E-state index contributed by atoms with van der Waals surface area (Å²) in [6.45, 7) is 10.3. The van der Waals surface area contributed by atoms with Gasteiger partial charge in [-0.3, -0.25) is 0 Å². The molecule has 0 aromatic rings. The van der Waals surface area contributed by atoms with Gasteiger partial charge in [0.15, 0.2) is 0 Å². The van der Waals surface area contributed by atoms with E-state index in [4.69, 9.17) is 0 Å². The lowest BCUT2D eigenvalue weighted by Gasteiger charge is -2.17. The van der Waals surface area contributed by atoms with E-state index < -0.39 is 0 Å². The summed E-state index contributed by atoms with van der Waals surface area (Å²) < 4.78 is 0.408. The van der Waals surface area contributed by atoms with E-state index in [1.54, 1.807) is 0 Å². The molecule has 0 unspecified atom stereocenters. The molecule has 0 bridgehead atoms. The summed E-state index contributed by atoms with van der Waals surface area (Å²) in [6.07, 6.45) is 1.24. The Labute approximate surface area is 93.8 Å². The van der Waals surface area contributed by atoms with E-state index in [0.717, 1.165) is 13.1 Å². The van der Waals surface area contributed by atoms with Crippen LogP contribution in [0.5, 0.6) is 0 Å². The topological polar surface area (TPSA) is 15.3 Å². The lowest BCUT2D eigenvalue weighted by molar-refractivity contribution is 0.396. The van der Waals surface area contributed by atoms with Crippen LogP contribution >= 0.6 is 11.8 Å². The van der Waals surface area contributed by atoms with Gasteiger partial charge in [0.25, 0.3) is 0 Å². The minimum absolute atomic E-state index is 0.408. The van der Waals surface area contributed by atoms with Gasteiger partial charge in [-0.1, -0.05) is 20.8 Å². The molecule has 0 amide bonds. The van der Waals surface area contributed by atoms with Crippen molar-refractivity contribution in [2.45, 2.75) is 31.9 Å². The second-order valence-electron chi connectivity index (χ2n) is 4.87. The maximum Gasteiger partial charge on any atom is 0.00755 e. The van der Waals surface area contributed by atoms with Gasteiger partial charge in [0.1, 0.15) is 0 Å². The molecule has 0 saturated carbocycles. The third kappa shape index (κ3) is 12.3. The van der Waals surface area contributed by atoms with Gasteiger partial charge in [-0.15, -0.1) is 0 Å². The second kappa shape index (κ2) is 7.55. The Hall–Kier alpha value is 0.270. The van der Waals surface area contributed by atoms with Gasteiger partial charge in [0, 0.05) is 17.0 Å². The van der Waals surface area contributed by atoms with Crippen LogP contribution in [0, 0.1) is 0 Å². The number of thioether (sulfide) groups is 1. The molecule has 0 aliphatic carbocycles. The van der Waals surface area contributed by atoms with Crippen LogP contribution in [-0.2, 0) is 0 Å². The van der Waals surface area contributed by atoms with Gasteiger partial charge >= 0.3 is 0 Å². The molecule has 0 spiro atoms. The smallest absolute Gasteiger partial charge is 0.00755 e. The summed E-state index contributed by atoms with van der Waals surface area (Å²) in [7, 11) is 4.24. The third-order valence-corrected chi connectivity index (χ3v) is 3.05. The van der Waals surface area contributed by atoms with Crippen LogP contribution in [0.2, 0.25) is 0 Å². The van der Waals surface area contributed by atoms with Crippen LogP contribution in [0.15, 0.2) is 0 Å². The average Bonchev–Trinajstić information content (AvgIpc) is 2.00. The Morgan fingerprint density at radius 1 is 1.14 bits per heavy atom. The molecule has 86 valence electrons. The van der Waals surface area contributed by atoms with Crippen LogP contribution < -0.4 is 5.32 Å². The Kier molecular flexibility index (Phi) is 7.69. The first-order valence-corrected chi connectivity index (χ1v) is 6.40. The number of hydrogen-bond acceptors (Lipinski definition) is 3. The maximum absolute atomic E-state index is 3.47. The molecule has 0 atom stereocenters. The van der Waals surface area contributed by atoms with E-state index in [0.29, 0.717) is 4.75 Å². The summed E-state index contributed by atoms with van der Waals surface area (Å²) in [4.78, 5) is 2.23. The monoisotopic (exact) mass is 218 g/mol. The molecule has 14 heavy (non-hydrogen) atoms. The first-order valence-electron chi connectivity index (χ1n) is 5.41. The molecule has 2 nitrogen and oxygen atoms in total. The van der Waals surface area contributed by atoms with Crippen molar-refractivity contribution in [3.63, 3.8) is 0 Å². The van der Waals surface area contributed by atoms with E-state index in [2.05, 4.69) is 45.1 Å². The fourth-order valence-corrected chi connectivity index (χ4v) is 1.93. The van der Waals surface area contributed by atoms with Crippen molar-refractivity contribution in [1.82, 2.24) is 10.2 Å². The van der Waals surface area contributed by atoms with Crippen LogP contribution in [-0.4, -0.2) is 49.1 Å². The predicted molar refractivity (Wildman–Crippen MR) is 68.3 cm³/mol. The Morgan fingerprint density at radius 3 is 2.29 bits per heavy atom. The molecule has 3 heteroatoms. The van der Waals surface area contributed by atoms with E-state index in [9.17, 15) is 0 Å². The minimum atomic E-state index is 0.408. The first kappa shape index (κ1) is 14.3. The van der Waals surface area contributed by atoms with Gasteiger partial charge < -0.3 is 10.2 Å². The van der Waals surface area contributed by atoms with E-state index in [1.165, 1.54) is 18.7 Å². The van der Waals surface area contributed by atoms with Crippen molar-refractivity contribution in [2.24, 2.45) is 0 Å². The Balaban J connectivity index is 3.07. The quantitative estimate of drug-likeness (QED) is 0.659. The maximum atomic E-state index is 3.47. The zero-order valence-electron chi connectivity index (χ0n) is 10.4. The zero-order chi connectivity index (χ0) is 11.0. The lowest BCUT2D eigenvalue weighted by atomic mass is 10.3. The van der Waals surface area contributed by atoms with Crippen LogP contribution in [0.25, 0.3) is 0 Å². The van der Waals surface area contributed by atoms with Gasteiger partial charge in [0.05, 0.1) is 0 Å². The molecule has 1 N–H and O–H groups in total. The molecule has 0 aromatic heterocycles. The SMILES string of the molecule is CN(C)CCCNCCSC(C)(C)C. The zero-order valence-corrected chi connectivity index (χ0v) is 11.2. The normalized spacial score (nSPS) is 12.4. The molecule has 0 rings (SSSR count). The Morgan fingerprint density at radius 2 is 1.79 bits per heavy atom. The number of rotatable bonds is 7. The Bertz CT molecular complexity index is 130. The minimum Gasteiger partial charge on any atom is -0.316 e. The van der Waals surface area contributed by atoms with Crippen molar-refractivity contribution in [1.29, 1.82) is 0 Å². The van der Waals surface area contributed by atoms with Gasteiger partial charge in [0.2, 0.25) is 0 Å². The predicted octanol–water partition coefficient (Wildman–Crippen LogP) is 2.06. The molecule has 0 fully saturated rings. The fourth-order valence-electron chi connectivity index (χ4n) is 1.07. The largest absolute Gasteiger partial charge is 0.316 e. The first-order chi connectivity index (χ1) is 6.42. The van der Waals surface area contributed by atoms with Crippen LogP contribution in [0.4, 0.5) is 0 Å². The average molecular weight is 218 g/mol. The van der Waals surface area contributed by atoms with Crippen LogP contribution in [0.1, 0.15) is 27.2 Å². The number of hydrogen-bond donors (Lipinski definition) is 1. The lowest BCUT2D eigenvalue weighted by Crippen LogP contribution is -2.24. The molecular weight excluding hydrogens is 192 g/mol. The molecule has 0 aromatic carbocycles. The summed E-state index contributed by atoms with van der Waals surface area (Å²) in [6, 6.07) is 0. The van der Waals surface area contributed by atoms with Gasteiger partial charge in [-0.25, -0.2) is 0 Å². The number of nitrogens with one attached hydrogen (secondary N) is 1. The molecule has 0 aliphatic heterocycles. The molecular formula is C11H26N2S. The standard InChI is InChI=1S/C11H26N2S/c1-11(2,3)14-10-8-12-7-6-9-13(4)5/h12H,6-10H2,1-5H3. The van der Waals surface area contributed by atoms with E-state index >= 15 is 0 Å². The third-order valence-electron chi connectivity index (χ3n) is 1.77. The number of nitrogens with zero attached hydrogens (tertiary/aromatic N) is 1. The highest BCUT2D eigenvalue weighted by molar-refractivity contribution is 8.00. The fraction of sp³-hybridized carbons (Fsp3) is 1.00. The van der Waals surface area contributed by atoms with Gasteiger partial charge in [-0.05, 0) is 33.6 Å². The summed E-state index contributed by atoms with van der Waals surface area (Å²) in [5, 5.41) is 3.47. The van der Waals surface area contributed by atoms with Gasteiger partial charge in [-0.2, -0.15) is 11.8 Å². The highest BCUT2D eigenvalue weighted by Gasteiger charge is 2.08. The molecule has 0 saturated heterocycles. The van der Waals surface area contributed by atoms with E-state index in [1.807, 2.05) is 11.8 Å². The van der Waals surface area contributed by atoms with Crippen molar-refractivity contribution in [3.8, 4) is 0 Å². The van der Waals surface area contributed by atoms with Crippen molar-refractivity contribution in [2.75, 3.05) is 39.5 Å². The molecule has 0 aliphatic rings. The van der Waals surface area contributed by atoms with E-state index in [-0.39, 0.29) is 0 Å². The summed E-state index contributed by atoms with van der Waals surface area (Å²) >= 11 is 2.02. The summed E-state index contributed by atoms with van der Waals surface area (Å²) in [5.74, 6) is 1.21. The van der Waals surface area contributed by atoms with Crippen LogP contribution in [0.3, 0.4) is 0 Å². The highest BCUT2D eigenvalue weighted by atomic mass is 32.2. The summed E-state index contributed by atoms with van der Waals surface area (Å²) in [5.41, 5.74) is 0. The second-order valence-corrected chi connectivity index (χ2v) is 6.79. The van der Waals surface area contributed by atoms with Crippen molar-refractivity contribution in [3.05, 3.63) is 0 Å². The molecule has 0 radical (unpaired) electrons. The van der Waals surface area contributed by atoms with Crippen molar-refractivity contribution < 1.29 is 0 Å². The van der Waals surface area contributed by atoms with Crippen molar-refractivity contribution >= 4 is 11.8 Å². The highest BCUT2D eigenvalue weighted by Crippen LogP contribution is 2.21.